The standard InChI is InChI=1S/C16H22ClN3O/c1-10-4-6-12(7-5-10)20-15(11(2)17)18-13-8-9-14(21-3)19-16(13)20/h8-12H,4-7H2,1-3H3. The van der Waals surface area contributed by atoms with Crippen molar-refractivity contribution in [2.24, 2.45) is 5.92 Å². The maximum Gasteiger partial charge on any atom is 0.215 e. The van der Waals surface area contributed by atoms with E-state index < -0.39 is 0 Å². The number of alkyl halides is 1. The molecule has 0 aromatic carbocycles. The van der Waals surface area contributed by atoms with Gasteiger partial charge in [-0.2, -0.15) is 4.98 Å². The molecule has 2 aromatic heterocycles. The molecular formula is C16H22ClN3O. The van der Waals surface area contributed by atoms with Crippen molar-refractivity contribution in [3.63, 3.8) is 0 Å². The number of ether oxygens (including phenoxy) is 1. The normalized spacial score (nSPS) is 24.2. The van der Waals surface area contributed by atoms with Crippen molar-refractivity contribution >= 4 is 22.8 Å². The minimum atomic E-state index is -0.121. The van der Waals surface area contributed by atoms with Crippen LogP contribution in [0.25, 0.3) is 11.2 Å². The van der Waals surface area contributed by atoms with E-state index in [1.165, 1.54) is 25.7 Å². The van der Waals surface area contributed by atoms with Crippen LogP contribution in [0.2, 0.25) is 0 Å². The topological polar surface area (TPSA) is 39.9 Å². The van der Waals surface area contributed by atoms with Crippen molar-refractivity contribution in [3.8, 4) is 5.88 Å². The molecule has 0 bridgehead atoms. The zero-order valence-corrected chi connectivity index (χ0v) is 13.6. The molecule has 0 amide bonds. The molecule has 0 aliphatic heterocycles. The SMILES string of the molecule is COc1ccc2nc(C(C)Cl)n(C3CCC(C)CC3)c2n1. The van der Waals surface area contributed by atoms with Gasteiger partial charge in [0.25, 0.3) is 0 Å². The van der Waals surface area contributed by atoms with Gasteiger partial charge in [-0.25, -0.2) is 4.98 Å². The fourth-order valence-electron chi connectivity index (χ4n) is 3.23. The highest BCUT2D eigenvalue weighted by molar-refractivity contribution is 6.20. The Hall–Kier alpha value is -1.29. The molecule has 0 radical (unpaired) electrons. The van der Waals surface area contributed by atoms with Gasteiger partial charge < -0.3 is 9.30 Å². The summed E-state index contributed by atoms with van der Waals surface area (Å²) in [7, 11) is 1.64. The number of rotatable bonds is 3. The maximum atomic E-state index is 6.36. The second-order valence-electron chi connectivity index (χ2n) is 6.07. The molecule has 0 N–H and O–H groups in total. The Balaban J connectivity index is 2.10. The Morgan fingerprint density at radius 3 is 2.57 bits per heavy atom. The zero-order valence-electron chi connectivity index (χ0n) is 12.8. The number of methoxy groups -OCH3 is 1. The van der Waals surface area contributed by atoms with Crippen LogP contribution >= 0.6 is 11.6 Å². The Morgan fingerprint density at radius 1 is 1.24 bits per heavy atom. The van der Waals surface area contributed by atoms with Crippen LogP contribution in [0.5, 0.6) is 5.88 Å². The largest absolute Gasteiger partial charge is 0.481 e. The van der Waals surface area contributed by atoms with Crippen molar-refractivity contribution in [2.45, 2.75) is 50.9 Å². The van der Waals surface area contributed by atoms with Gasteiger partial charge in [0.1, 0.15) is 11.3 Å². The minimum Gasteiger partial charge on any atom is -0.481 e. The van der Waals surface area contributed by atoms with Crippen LogP contribution in [0.3, 0.4) is 0 Å². The molecule has 5 heteroatoms. The summed E-state index contributed by atoms with van der Waals surface area (Å²) in [5.74, 6) is 2.36. The summed E-state index contributed by atoms with van der Waals surface area (Å²) >= 11 is 6.36. The van der Waals surface area contributed by atoms with Crippen LogP contribution in [0.4, 0.5) is 0 Å². The molecule has 2 heterocycles. The van der Waals surface area contributed by atoms with E-state index in [-0.39, 0.29) is 5.38 Å². The van der Waals surface area contributed by atoms with Gasteiger partial charge in [-0.3, -0.25) is 0 Å². The Kier molecular flexibility index (Phi) is 4.07. The number of hydrogen-bond donors (Lipinski definition) is 0. The summed E-state index contributed by atoms with van der Waals surface area (Å²) in [6.07, 6.45) is 4.85. The molecule has 114 valence electrons. The fraction of sp³-hybridized carbons (Fsp3) is 0.625. The zero-order chi connectivity index (χ0) is 15.0. The first-order valence-corrected chi connectivity index (χ1v) is 8.10. The molecule has 4 nitrogen and oxygen atoms in total. The monoisotopic (exact) mass is 307 g/mol. The van der Waals surface area contributed by atoms with Gasteiger partial charge in [0.15, 0.2) is 5.65 Å². The highest BCUT2D eigenvalue weighted by atomic mass is 35.5. The van der Waals surface area contributed by atoms with Crippen molar-refractivity contribution in [2.75, 3.05) is 7.11 Å². The van der Waals surface area contributed by atoms with Gasteiger partial charge in [-0.05, 0) is 44.6 Å². The summed E-state index contributed by atoms with van der Waals surface area (Å²) in [6.45, 7) is 4.30. The fourth-order valence-corrected chi connectivity index (χ4v) is 3.38. The molecule has 2 aromatic rings. The summed E-state index contributed by atoms with van der Waals surface area (Å²) in [5.41, 5.74) is 1.80. The number of aromatic nitrogens is 3. The van der Waals surface area contributed by atoms with Crippen LogP contribution in [0.15, 0.2) is 12.1 Å². The summed E-state index contributed by atoms with van der Waals surface area (Å²) in [5, 5.41) is -0.121. The van der Waals surface area contributed by atoms with Gasteiger partial charge in [0, 0.05) is 12.1 Å². The number of pyridine rings is 1. The Bertz CT molecular complexity index is 630. The molecule has 0 saturated heterocycles. The van der Waals surface area contributed by atoms with E-state index in [9.17, 15) is 0 Å². The van der Waals surface area contributed by atoms with Gasteiger partial charge in [0.05, 0.1) is 12.5 Å². The second kappa shape index (κ2) is 5.84. The van der Waals surface area contributed by atoms with Gasteiger partial charge in [0.2, 0.25) is 5.88 Å². The summed E-state index contributed by atoms with van der Waals surface area (Å²) in [4.78, 5) is 9.31. The van der Waals surface area contributed by atoms with Gasteiger partial charge in [-0.1, -0.05) is 6.92 Å². The van der Waals surface area contributed by atoms with E-state index >= 15 is 0 Å². The average Bonchev–Trinajstić information content (AvgIpc) is 2.86. The molecular weight excluding hydrogens is 286 g/mol. The van der Waals surface area contributed by atoms with Gasteiger partial charge >= 0.3 is 0 Å². The molecule has 1 aliphatic rings. The summed E-state index contributed by atoms with van der Waals surface area (Å²) in [6, 6.07) is 4.26. The van der Waals surface area contributed by atoms with Crippen molar-refractivity contribution < 1.29 is 4.74 Å². The first-order chi connectivity index (χ1) is 10.1. The molecule has 1 unspecified atom stereocenters. The number of halogens is 1. The smallest absolute Gasteiger partial charge is 0.215 e. The molecule has 0 spiro atoms. The predicted octanol–water partition coefficient (Wildman–Crippen LogP) is 4.49. The molecule has 21 heavy (non-hydrogen) atoms. The number of fused-ring (bicyclic) bond motifs is 1. The number of nitrogens with zero attached hydrogens (tertiary/aromatic N) is 3. The molecule has 3 rings (SSSR count). The maximum absolute atomic E-state index is 6.36. The number of imidazole rings is 1. The lowest BCUT2D eigenvalue weighted by molar-refractivity contribution is 0.288. The van der Waals surface area contributed by atoms with E-state index in [0.717, 1.165) is 22.9 Å². The average molecular weight is 308 g/mol. The number of hydrogen-bond acceptors (Lipinski definition) is 3. The first-order valence-electron chi connectivity index (χ1n) is 7.67. The van der Waals surface area contributed by atoms with Crippen molar-refractivity contribution in [3.05, 3.63) is 18.0 Å². The Morgan fingerprint density at radius 2 is 1.95 bits per heavy atom. The van der Waals surface area contributed by atoms with Crippen LogP contribution in [-0.2, 0) is 0 Å². The lowest BCUT2D eigenvalue weighted by Gasteiger charge is -2.29. The van der Waals surface area contributed by atoms with E-state index in [1.54, 1.807) is 7.11 Å². The third kappa shape index (κ3) is 2.73. The highest BCUT2D eigenvalue weighted by Crippen LogP contribution is 2.37. The van der Waals surface area contributed by atoms with Crippen molar-refractivity contribution in [1.82, 2.24) is 14.5 Å². The van der Waals surface area contributed by atoms with E-state index in [2.05, 4.69) is 16.5 Å². The van der Waals surface area contributed by atoms with Crippen LogP contribution < -0.4 is 4.74 Å². The van der Waals surface area contributed by atoms with Crippen LogP contribution in [0.1, 0.15) is 56.8 Å². The lowest BCUT2D eigenvalue weighted by atomic mass is 9.87. The quantitative estimate of drug-likeness (QED) is 0.784. The second-order valence-corrected chi connectivity index (χ2v) is 6.72. The van der Waals surface area contributed by atoms with E-state index in [4.69, 9.17) is 21.3 Å². The van der Waals surface area contributed by atoms with E-state index in [1.807, 2.05) is 19.1 Å². The molecule has 1 fully saturated rings. The predicted molar refractivity (Wildman–Crippen MR) is 85.0 cm³/mol. The molecule has 1 aliphatic carbocycles. The van der Waals surface area contributed by atoms with Crippen molar-refractivity contribution in [1.29, 1.82) is 0 Å². The van der Waals surface area contributed by atoms with Crippen LogP contribution in [0, 0.1) is 5.92 Å². The lowest BCUT2D eigenvalue weighted by Crippen LogP contribution is -2.19. The van der Waals surface area contributed by atoms with E-state index in [0.29, 0.717) is 11.9 Å². The van der Waals surface area contributed by atoms with Gasteiger partial charge in [-0.15, -0.1) is 11.6 Å². The highest BCUT2D eigenvalue weighted by Gasteiger charge is 2.26. The third-order valence-corrected chi connectivity index (χ3v) is 4.65. The minimum absolute atomic E-state index is 0.121. The molecule has 1 atom stereocenters. The molecule has 1 saturated carbocycles. The Labute approximate surface area is 130 Å². The third-order valence-electron chi connectivity index (χ3n) is 4.45. The van der Waals surface area contributed by atoms with Crippen LogP contribution in [-0.4, -0.2) is 21.6 Å². The first kappa shape index (κ1) is 14.6. The summed E-state index contributed by atoms with van der Waals surface area (Å²) < 4.78 is 7.52.